The number of ether oxygens (including phenoxy) is 2. The maximum Gasteiger partial charge on any atom is 0.123 e. The topological polar surface area (TPSA) is 51.0 Å². The van der Waals surface area contributed by atoms with E-state index in [-0.39, 0.29) is 0 Å². The van der Waals surface area contributed by atoms with Gasteiger partial charge in [0.2, 0.25) is 0 Å². The van der Waals surface area contributed by atoms with Gasteiger partial charge < -0.3 is 14.7 Å². The van der Waals surface area contributed by atoms with E-state index in [2.05, 4.69) is 5.16 Å². The average Bonchev–Trinajstić information content (AvgIpc) is 2.36. The molecule has 0 saturated carbocycles. The Balaban J connectivity index is 3.47. The molecule has 0 radical (unpaired) electrons. The molecule has 1 aromatic carbocycles. The third-order valence-electron chi connectivity index (χ3n) is 3.44. The first kappa shape index (κ1) is 14.4. The van der Waals surface area contributed by atoms with Crippen LogP contribution in [0.25, 0.3) is 0 Å². The van der Waals surface area contributed by atoms with Crippen LogP contribution in [0.5, 0.6) is 11.5 Å². The van der Waals surface area contributed by atoms with Crippen LogP contribution in [0, 0.1) is 6.92 Å². The van der Waals surface area contributed by atoms with Gasteiger partial charge in [0.15, 0.2) is 0 Å². The zero-order valence-corrected chi connectivity index (χ0v) is 11.9. The molecule has 0 amide bonds. The Bertz CT molecular complexity index is 464. The van der Waals surface area contributed by atoms with E-state index in [1.807, 2.05) is 32.9 Å². The van der Waals surface area contributed by atoms with Crippen molar-refractivity contribution >= 4 is 5.71 Å². The molecule has 0 spiro atoms. The van der Waals surface area contributed by atoms with Crippen LogP contribution < -0.4 is 9.47 Å². The lowest BCUT2D eigenvalue weighted by Gasteiger charge is -2.27. The van der Waals surface area contributed by atoms with Gasteiger partial charge in [-0.3, -0.25) is 0 Å². The molecular formula is C14H21NO3. The Labute approximate surface area is 108 Å². The Morgan fingerprint density at radius 2 is 1.72 bits per heavy atom. The van der Waals surface area contributed by atoms with E-state index < -0.39 is 5.41 Å². The molecule has 0 heterocycles. The van der Waals surface area contributed by atoms with Crippen LogP contribution in [0.2, 0.25) is 0 Å². The number of hydrogen-bond acceptors (Lipinski definition) is 4. The van der Waals surface area contributed by atoms with Gasteiger partial charge in [-0.2, -0.15) is 0 Å². The number of methoxy groups -OCH3 is 2. The predicted molar refractivity (Wildman–Crippen MR) is 72.2 cm³/mol. The smallest absolute Gasteiger partial charge is 0.123 e. The second-order valence-corrected chi connectivity index (χ2v) is 4.83. The van der Waals surface area contributed by atoms with Gasteiger partial charge in [-0.1, -0.05) is 19.0 Å². The molecule has 1 aromatic rings. The summed E-state index contributed by atoms with van der Waals surface area (Å²) in [6.45, 7) is 7.71. The Kier molecular flexibility index (Phi) is 4.22. The normalized spacial score (nSPS) is 12.4. The molecule has 0 aliphatic heterocycles. The minimum Gasteiger partial charge on any atom is -0.496 e. The fraction of sp³-hybridized carbons (Fsp3) is 0.500. The average molecular weight is 251 g/mol. The van der Waals surface area contributed by atoms with Crippen molar-refractivity contribution < 1.29 is 14.7 Å². The molecule has 0 aliphatic rings. The van der Waals surface area contributed by atoms with Gasteiger partial charge in [-0.05, 0) is 31.5 Å². The fourth-order valence-corrected chi connectivity index (χ4v) is 1.86. The number of benzene rings is 1. The van der Waals surface area contributed by atoms with Crippen molar-refractivity contribution in [3.63, 3.8) is 0 Å². The van der Waals surface area contributed by atoms with Crippen molar-refractivity contribution in [1.29, 1.82) is 0 Å². The highest BCUT2D eigenvalue weighted by Crippen LogP contribution is 2.37. The molecule has 0 atom stereocenters. The molecule has 0 unspecified atom stereocenters. The lowest BCUT2D eigenvalue weighted by atomic mass is 9.79. The van der Waals surface area contributed by atoms with Gasteiger partial charge in [0.25, 0.3) is 0 Å². The van der Waals surface area contributed by atoms with E-state index in [9.17, 15) is 0 Å². The lowest BCUT2D eigenvalue weighted by Crippen LogP contribution is -2.27. The summed E-state index contributed by atoms with van der Waals surface area (Å²) in [7, 11) is 3.27. The van der Waals surface area contributed by atoms with Gasteiger partial charge in [0.05, 0.1) is 19.9 Å². The van der Waals surface area contributed by atoms with Gasteiger partial charge in [0.1, 0.15) is 11.5 Å². The third-order valence-corrected chi connectivity index (χ3v) is 3.44. The molecule has 0 saturated heterocycles. The van der Waals surface area contributed by atoms with Crippen molar-refractivity contribution in [2.24, 2.45) is 5.16 Å². The lowest BCUT2D eigenvalue weighted by molar-refractivity contribution is 0.313. The highest BCUT2D eigenvalue weighted by Gasteiger charge is 2.29. The molecule has 0 fully saturated rings. The van der Waals surface area contributed by atoms with Gasteiger partial charge in [0, 0.05) is 11.0 Å². The van der Waals surface area contributed by atoms with Crippen molar-refractivity contribution in [3.8, 4) is 11.5 Å². The minimum absolute atomic E-state index is 0.429. The summed E-state index contributed by atoms with van der Waals surface area (Å²) in [6.07, 6.45) is 0. The number of hydrogen-bond donors (Lipinski definition) is 1. The number of aryl methyl sites for hydroxylation is 1. The third kappa shape index (κ3) is 2.42. The van der Waals surface area contributed by atoms with Gasteiger partial charge in [-0.15, -0.1) is 0 Å². The monoisotopic (exact) mass is 251 g/mol. The molecule has 4 heteroatoms. The molecule has 18 heavy (non-hydrogen) atoms. The zero-order valence-electron chi connectivity index (χ0n) is 11.9. The van der Waals surface area contributed by atoms with Crippen LogP contribution in [0.1, 0.15) is 31.9 Å². The van der Waals surface area contributed by atoms with Gasteiger partial charge >= 0.3 is 0 Å². The first-order valence-electron chi connectivity index (χ1n) is 5.80. The summed E-state index contributed by atoms with van der Waals surface area (Å²) in [5.41, 5.74) is 2.13. The van der Waals surface area contributed by atoms with E-state index in [0.29, 0.717) is 5.71 Å². The molecule has 0 aromatic heterocycles. The van der Waals surface area contributed by atoms with E-state index in [1.165, 1.54) is 0 Å². The van der Waals surface area contributed by atoms with Crippen LogP contribution in [0.4, 0.5) is 0 Å². The quantitative estimate of drug-likeness (QED) is 0.508. The highest BCUT2D eigenvalue weighted by atomic mass is 16.5. The molecule has 0 aliphatic carbocycles. The highest BCUT2D eigenvalue weighted by molar-refractivity contribution is 5.92. The summed E-state index contributed by atoms with van der Waals surface area (Å²) in [6, 6.07) is 3.86. The van der Waals surface area contributed by atoms with Gasteiger partial charge in [-0.25, -0.2) is 0 Å². The van der Waals surface area contributed by atoms with Crippen LogP contribution in [-0.2, 0) is 5.41 Å². The molecule has 0 bridgehead atoms. The number of nitrogens with zero attached hydrogens (tertiary/aromatic N) is 1. The molecule has 100 valence electrons. The fourth-order valence-electron chi connectivity index (χ4n) is 1.86. The van der Waals surface area contributed by atoms with E-state index in [1.54, 1.807) is 21.1 Å². The maximum absolute atomic E-state index is 8.99. The molecule has 1 N–H and O–H groups in total. The Morgan fingerprint density at radius 3 is 2.17 bits per heavy atom. The SMILES string of the molecule is COc1cc(C(C)(C)/C(C)=N\O)c(OC)cc1C. The second-order valence-electron chi connectivity index (χ2n) is 4.83. The Hall–Kier alpha value is -1.71. The standard InChI is InChI=1S/C14H21NO3/c1-9-7-13(18-6)11(8-12(9)17-5)14(3,4)10(2)15-16/h7-8,16H,1-6H3/b15-10-. The minimum atomic E-state index is -0.429. The predicted octanol–water partition coefficient (Wildman–Crippen LogP) is 3.14. The molecule has 1 rings (SSSR count). The zero-order chi connectivity index (χ0) is 13.9. The summed E-state index contributed by atoms with van der Waals surface area (Å²) in [4.78, 5) is 0. The van der Waals surface area contributed by atoms with E-state index in [0.717, 1.165) is 22.6 Å². The summed E-state index contributed by atoms with van der Waals surface area (Å²) >= 11 is 0. The van der Waals surface area contributed by atoms with Crippen LogP contribution in [-0.4, -0.2) is 25.1 Å². The summed E-state index contributed by atoms with van der Waals surface area (Å²) in [5, 5.41) is 12.3. The van der Waals surface area contributed by atoms with E-state index in [4.69, 9.17) is 14.7 Å². The molecular weight excluding hydrogens is 230 g/mol. The van der Waals surface area contributed by atoms with Crippen molar-refractivity contribution in [2.75, 3.05) is 14.2 Å². The van der Waals surface area contributed by atoms with Crippen molar-refractivity contribution in [2.45, 2.75) is 33.1 Å². The first-order valence-corrected chi connectivity index (χ1v) is 5.80. The summed E-state index contributed by atoms with van der Waals surface area (Å²) in [5.74, 6) is 1.56. The van der Waals surface area contributed by atoms with Crippen LogP contribution in [0.3, 0.4) is 0 Å². The maximum atomic E-state index is 8.99. The van der Waals surface area contributed by atoms with Crippen molar-refractivity contribution in [1.82, 2.24) is 0 Å². The summed E-state index contributed by atoms with van der Waals surface area (Å²) < 4.78 is 10.8. The van der Waals surface area contributed by atoms with Crippen molar-refractivity contribution in [3.05, 3.63) is 23.3 Å². The molecule has 4 nitrogen and oxygen atoms in total. The second kappa shape index (κ2) is 5.29. The Morgan fingerprint density at radius 1 is 1.17 bits per heavy atom. The van der Waals surface area contributed by atoms with Crippen LogP contribution >= 0.6 is 0 Å². The van der Waals surface area contributed by atoms with Crippen LogP contribution in [0.15, 0.2) is 17.3 Å². The largest absolute Gasteiger partial charge is 0.496 e. The number of oxime groups is 1. The number of rotatable bonds is 4. The van der Waals surface area contributed by atoms with E-state index >= 15 is 0 Å². The first-order chi connectivity index (χ1) is 8.38.